The molecule has 6 nitrogen and oxygen atoms in total. The fourth-order valence-corrected chi connectivity index (χ4v) is 3.01. The zero-order valence-electron chi connectivity index (χ0n) is 18.3. The Labute approximate surface area is 171 Å². The molecule has 6 heteroatoms. The normalized spacial score (nSPS) is 12.7. The van der Waals surface area contributed by atoms with Crippen LogP contribution in [0.1, 0.15) is 53.0 Å². The summed E-state index contributed by atoms with van der Waals surface area (Å²) in [7, 11) is 0. The molecule has 0 saturated carbocycles. The SMILES string of the molecule is CCNC(=NCC(=O)Nc1cccc(CC)c1)NC(C)CCCN(CC)CC. The zero-order chi connectivity index (χ0) is 20.8. The van der Waals surface area contributed by atoms with E-state index in [1.54, 1.807) is 0 Å². The standard InChI is InChI=1S/C22H39N5O/c1-6-19-13-10-14-20(16-19)26-21(28)17-24-22(23-7-2)25-18(5)12-11-15-27(8-3)9-4/h10,13-14,16,18H,6-9,11-12,15,17H2,1-5H3,(H,26,28)(H2,23,24,25). The lowest BCUT2D eigenvalue weighted by atomic mass is 10.1. The van der Waals surface area contributed by atoms with Gasteiger partial charge in [-0.25, -0.2) is 4.99 Å². The van der Waals surface area contributed by atoms with E-state index < -0.39 is 0 Å². The average molecular weight is 390 g/mol. The summed E-state index contributed by atoms with van der Waals surface area (Å²) in [6.45, 7) is 14.8. The van der Waals surface area contributed by atoms with Crippen LogP contribution >= 0.6 is 0 Å². The molecule has 1 aromatic rings. The highest BCUT2D eigenvalue weighted by atomic mass is 16.1. The molecule has 1 aromatic carbocycles. The van der Waals surface area contributed by atoms with Crippen LogP contribution in [0.2, 0.25) is 0 Å². The first-order chi connectivity index (χ1) is 13.5. The molecular weight excluding hydrogens is 350 g/mol. The number of carbonyl (C=O) groups is 1. The van der Waals surface area contributed by atoms with E-state index in [-0.39, 0.29) is 12.5 Å². The van der Waals surface area contributed by atoms with E-state index in [0.29, 0.717) is 12.0 Å². The Morgan fingerprint density at radius 3 is 2.57 bits per heavy atom. The first kappa shape index (κ1) is 24.0. The Kier molecular flexibility index (Phi) is 12.0. The van der Waals surface area contributed by atoms with Crippen LogP contribution in [-0.2, 0) is 11.2 Å². The molecule has 28 heavy (non-hydrogen) atoms. The highest BCUT2D eigenvalue weighted by Gasteiger charge is 2.08. The largest absolute Gasteiger partial charge is 0.357 e. The van der Waals surface area contributed by atoms with Crippen molar-refractivity contribution in [2.45, 2.75) is 59.9 Å². The van der Waals surface area contributed by atoms with Crippen molar-refractivity contribution in [2.24, 2.45) is 4.99 Å². The average Bonchev–Trinajstić information content (AvgIpc) is 2.69. The van der Waals surface area contributed by atoms with Crippen molar-refractivity contribution in [3.05, 3.63) is 29.8 Å². The van der Waals surface area contributed by atoms with Crippen molar-refractivity contribution in [3.8, 4) is 0 Å². The summed E-state index contributed by atoms with van der Waals surface area (Å²) >= 11 is 0. The molecule has 1 amide bonds. The Balaban J connectivity index is 2.49. The highest BCUT2D eigenvalue weighted by Crippen LogP contribution is 2.10. The minimum Gasteiger partial charge on any atom is -0.357 e. The Morgan fingerprint density at radius 2 is 1.93 bits per heavy atom. The van der Waals surface area contributed by atoms with Gasteiger partial charge in [0.25, 0.3) is 0 Å². The van der Waals surface area contributed by atoms with E-state index in [2.05, 4.69) is 59.6 Å². The van der Waals surface area contributed by atoms with Crippen LogP contribution in [0.25, 0.3) is 0 Å². The topological polar surface area (TPSA) is 68.8 Å². The van der Waals surface area contributed by atoms with E-state index in [1.807, 2.05) is 25.1 Å². The molecule has 1 unspecified atom stereocenters. The second-order valence-electron chi connectivity index (χ2n) is 7.01. The molecule has 0 aliphatic rings. The van der Waals surface area contributed by atoms with Crippen molar-refractivity contribution in [1.82, 2.24) is 15.5 Å². The molecule has 0 aliphatic heterocycles. The summed E-state index contributed by atoms with van der Waals surface area (Å²) in [5.74, 6) is 0.579. The quantitative estimate of drug-likeness (QED) is 0.379. The number of aliphatic imine (C=N–C) groups is 1. The van der Waals surface area contributed by atoms with Gasteiger partial charge in [0.2, 0.25) is 5.91 Å². The van der Waals surface area contributed by atoms with Gasteiger partial charge < -0.3 is 20.9 Å². The number of aryl methyl sites for hydroxylation is 1. The van der Waals surface area contributed by atoms with Crippen molar-refractivity contribution in [1.29, 1.82) is 0 Å². The maximum atomic E-state index is 12.2. The van der Waals surface area contributed by atoms with Crippen LogP contribution in [-0.4, -0.2) is 55.5 Å². The van der Waals surface area contributed by atoms with Crippen LogP contribution < -0.4 is 16.0 Å². The number of anilines is 1. The van der Waals surface area contributed by atoms with Gasteiger partial charge in [-0.15, -0.1) is 0 Å². The van der Waals surface area contributed by atoms with Gasteiger partial charge in [-0.05, 0) is 70.4 Å². The summed E-state index contributed by atoms with van der Waals surface area (Å²) in [6, 6.07) is 8.23. The third kappa shape index (κ3) is 9.74. The van der Waals surface area contributed by atoms with Gasteiger partial charge in [0.1, 0.15) is 6.54 Å². The number of benzene rings is 1. The predicted molar refractivity (Wildman–Crippen MR) is 120 cm³/mol. The number of hydrogen-bond acceptors (Lipinski definition) is 3. The fraction of sp³-hybridized carbons (Fsp3) is 0.636. The van der Waals surface area contributed by atoms with Crippen LogP contribution in [0.5, 0.6) is 0 Å². The molecule has 0 heterocycles. The second-order valence-corrected chi connectivity index (χ2v) is 7.01. The zero-order valence-corrected chi connectivity index (χ0v) is 18.3. The van der Waals surface area contributed by atoms with Gasteiger partial charge in [-0.3, -0.25) is 4.79 Å². The lowest BCUT2D eigenvalue weighted by Gasteiger charge is -2.21. The molecule has 1 atom stereocenters. The van der Waals surface area contributed by atoms with Gasteiger partial charge in [-0.2, -0.15) is 0 Å². The van der Waals surface area contributed by atoms with E-state index in [9.17, 15) is 4.79 Å². The number of nitrogens with zero attached hydrogens (tertiary/aromatic N) is 2. The fourth-order valence-electron chi connectivity index (χ4n) is 3.01. The monoisotopic (exact) mass is 389 g/mol. The highest BCUT2D eigenvalue weighted by molar-refractivity contribution is 5.94. The summed E-state index contributed by atoms with van der Waals surface area (Å²) < 4.78 is 0. The van der Waals surface area contributed by atoms with Crippen LogP contribution in [0, 0.1) is 0 Å². The van der Waals surface area contributed by atoms with Crippen LogP contribution in [0.15, 0.2) is 29.3 Å². The van der Waals surface area contributed by atoms with Crippen molar-refractivity contribution in [3.63, 3.8) is 0 Å². The van der Waals surface area contributed by atoms with Crippen molar-refractivity contribution in [2.75, 3.05) is 38.0 Å². The molecule has 0 aliphatic carbocycles. The molecule has 0 spiro atoms. The summed E-state index contributed by atoms with van der Waals surface area (Å²) in [5, 5.41) is 9.55. The molecule has 158 valence electrons. The Bertz CT molecular complexity index is 598. The third-order valence-corrected chi connectivity index (χ3v) is 4.73. The molecule has 0 aromatic heterocycles. The van der Waals surface area contributed by atoms with Gasteiger partial charge in [0.15, 0.2) is 5.96 Å². The summed E-state index contributed by atoms with van der Waals surface area (Å²) in [6.07, 6.45) is 3.16. The smallest absolute Gasteiger partial charge is 0.246 e. The first-order valence-electron chi connectivity index (χ1n) is 10.7. The lowest BCUT2D eigenvalue weighted by molar-refractivity contribution is -0.114. The third-order valence-electron chi connectivity index (χ3n) is 4.73. The maximum Gasteiger partial charge on any atom is 0.246 e. The number of nitrogens with one attached hydrogen (secondary N) is 3. The number of carbonyl (C=O) groups excluding carboxylic acids is 1. The van der Waals surface area contributed by atoms with Gasteiger partial charge in [0, 0.05) is 18.3 Å². The minimum absolute atomic E-state index is 0.0951. The van der Waals surface area contributed by atoms with E-state index >= 15 is 0 Å². The number of hydrogen-bond donors (Lipinski definition) is 3. The molecule has 0 saturated heterocycles. The van der Waals surface area contributed by atoms with E-state index in [4.69, 9.17) is 0 Å². The van der Waals surface area contributed by atoms with Crippen LogP contribution in [0.4, 0.5) is 5.69 Å². The molecule has 0 radical (unpaired) electrons. The molecule has 0 bridgehead atoms. The minimum atomic E-state index is -0.111. The number of rotatable bonds is 12. The lowest BCUT2D eigenvalue weighted by Crippen LogP contribution is -2.43. The second kappa shape index (κ2) is 14.0. The molecular formula is C22H39N5O. The van der Waals surface area contributed by atoms with Crippen molar-refractivity contribution < 1.29 is 4.79 Å². The first-order valence-corrected chi connectivity index (χ1v) is 10.7. The number of guanidine groups is 1. The van der Waals surface area contributed by atoms with Gasteiger partial charge in [0.05, 0.1) is 0 Å². The number of amides is 1. The maximum absolute atomic E-state index is 12.2. The van der Waals surface area contributed by atoms with E-state index in [1.165, 1.54) is 5.56 Å². The summed E-state index contributed by atoms with van der Waals surface area (Å²) in [5.41, 5.74) is 2.03. The molecule has 0 fully saturated rings. The van der Waals surface area contributed by atoms with E-state index in [0.717, 1.165) is 51.1 Å². The molecule has 1 rings (SSSR count). The summed E-state index contributed by atoms with van der Waals surface area (Å²) in [4.78, 5) is 19.1. The molecule has 3 N–H and O–H groups in total. The van der Waals surface area contributed by atoms with Crippen molar-refractivity contribution >= 4 is 17.6 Å². The van der Waals surface area contributed by atoms with Gasteiger partial charge >= 0.3 is 0 Å². The van der Waals surface area contributed by atoms with Crippen LogP contribution in [0.3, 0.4) is 0 Å². The van der Waals surface area contributed by atoms with Gasteiger partial charge in [-0.1, -0.05) is 32.9 Å². The Morgan fingerprint density at radius 1 is 1.18 bits per heavy atom. The predicted octanol–water partition coefficient (Wildman–Crippen LogP) is 3.25. The Hall–Kier alpha value is -2.08.